The third-order valence-corrected chi connectivity index (χ3v) is 3.47. The van der Waals surface area contributed by atoms with E-state index in [1.165, 1.54) is 0 Å². The molecule has 1 aliphatic heterocycles. The molecule has 0 aromatic carbocycles. The summed E-state index contributed by atoms with van der Waals surface area (Å²) in [7, 11) is 3.56. The first-order valence-electron chi connectivity index (χ1n) is 7.48. The molecule has 0 unspecified atom stereocenters. The van der Waals surface area contributed by atoms with Crippen LogP contribution in [-0.4, -0.2) is 73.0 Å². The highest BCUT2D eigenvalue weighted by Gasteiger charge is 2.27. The van der Waals surface area contributed by atoms with Crippen molar-refractivity contribution in [1.29, 1.82) is 0 Å². The molecule has 1 amide bonds. The number of carbonyl (C=O) groups is 1. The van der Waals surface area contributed by atoms with E-state index in [9.17, 15) is 4.79 Å². The first-order valence-corrected chi connectivity index (χ1v) is 7.48. The third-order valence-electron chi connectivity index (χ3n) is 3.47. The maximum atomic E-state index is 12.4. The maximum Gasteiger partial charge on any atom is 0.246 e. The monoisotopic (exact) mass is 308 g/mol. The molecule has 0 bridgehead atoms. The number of aliphatic imine (C=N–C) groups is 1. The predicted molar refractivity (Wildman–Crippen MR) is 85.0 cm³/mol. The van der Waals surface area contributed by atoms with Crippen LogP contribution in [-0.2, 0) is 16.6 Å². The van der Waals surface area contributed by atoms with Gasteiger partial charge in [-0.1, -0.05) is 0 Å². The molecule has 2 rings (SSSR count). The van der Waals surface area contributed by atoms with E-state index in [2.05, 4.69) is 15.4 Å². The van der Waals surface area contributed by atoms with Gasteiger partial charge in [0.05, 0.1) is 18.5 Å². The van der Waals surface area contributed by atoms with Crippen LogP contribution in [0.1, 0.15) is 6.92 Å². The van der Waals surface area contributed by atoms with Gasteiger partial charge in [-0.3, -0.25) is 14.5 Å². The summed E-state index contributed by atoms with van der Waals surface area (Å²) in [6.07, 6.45) is 3.56. The van der Waals surface area contributed by atoms with Crippen molar-refractivity contribution >= 4 is 17.6 Å². The normalized spacial score (nSPS) is 16.3. The first-order chi connectivity index (χ1) is 10.7. The van der Waals surface area contributed by atoms with Gasteiger partial charge < -0.3 is 19.9 Å². The number of amides is 1. The number of hydrogen-bond donors (Lipinski definition) is 1. The Morgan fingerprint density at radius 2 is 2.32 bits per heavy atom. The molecule has 0 radical (unpaired) electrons. The molecule has 1 aliphatic rings. The zero-order chi connectivity index (χ0) is 15.9. The molecule has 8 nitrogen and oxygen atoms in total. The van der Waals surface area contributed by atoms with Crippen molar-refractivity contribution in [3.8, 4) is 0 Å². The molecule has 8 heteroatoms. The molecule has 1 aromatic rings. The van der Waals surface area contributed by atoms with Crippen LogP contribution in [0.2, 0.25) is 0 Å². The van der Waals surface area contributed by atoms with Gasteiger partial charge in [0.1, 0.15) is 6.54 Å². The van der Waals surface area contributed by atoms with Crippen molar-refractivity contribution in [1.82, 2.24) is 20.0 Å². The van der Waals surface area contributed by atoms with Crippen molar-refractivity contribution in [3.05, 3.63) is 12.4 Å². The first kappa shape index (κ1) is 16.3. The fraction of sp³-hybridized carbons (Fsp3) is 0.643. The van der Waals surface area contributed by atoms with Crippen LogP contribution in [0.3, 0.4) is 0 Å². The number of aromatic nitrogens is 2. The molecule has 0 atom stereocenters. The summed E-state index contributed by atoms with van der Waals surface area (Å²) < 4.78 is 6.99. The van der Waals surface area contributed by atoms with Crippen molar-refractivity contribution in [3.63, 3.8) is 0 Å². The number of piperazine rings is 1. The van der Waals surface area contributed by atoms with E-state index >= 15 is 0 Å². The van der Waals surface area contributed by atoms with Gasteiger partial charge in [0, 0.05) is 46.5 Å². The molecule has 122 valence electrons. The number of guanidine groups is 1. The topological polar surface area (TPSA) is 75.0 Å². The van der Waals surface area contributed by atoms with E-state index < -0.39 is 0 Å². The van der Waals surface area contributed by atoms with Gasteiger partial charge in [-0.05, 0) is 6.92 Å². The van der Waals surface area contributed by atoms with Gasteiger partial charge in [0.2, 0.25) is 5.91 Å². The number of nitrogens with zero attached hydrogens (tertiary/aromatic N) is 5. The van der Waals surface area contributed by atoms with Crippen LogP contribution in [0.15, 0.2) is 17.4 Å². The van der Waals surface area contributed by atoms with Gasteiger partial charge in [0.15, 0.2) is 5.96 Å². The molecular weight excluding hydrogens is 284 g/mol. The lowest BCUT2D eigenvalue weighted by molar-refractivity contribution is -0.120. The van der Waals surface area contributed by atoms with Crippen LogP contribution in [0, 0.1) is 0 Å². The molecule has 1 saturated heterocycles. The Hall–Kier alpha value is -2.09. The highest BCUT2D eigenvalue weighted by atomic mass is 16.5. The summed E-state index contributed by atoms with van der Waals surface area (Å²) in [6, 6.07) is 0. The second-order valence-corrected chi connectivity index (χ2v) is 5.01. The van der Waals surface area contributed by atoms with Gasteiger partial charge in [0.25, 0.3) is 0 Å². The lowest BCUT2D eigenvalue weighted by Crippen LogP contribution is -2.55. The molecular formula is C14H24N6O2. The van der Waals surface area contributed by atoms with Crippen molar-refractivity contribution in [2.24, 2.45) is 12.0 Å². The Balaban J connectivity index is 1.89. The van der Waals surface area contributed by atoms with Gasteiger partial charge in [-0.2, -0.15) is 5.10 Å². The highest BCUT2D eigenvalue weighted by Crippen LogP contribution is 2.15. The van der Waals surface area contributed by atoms with Crippen LogP contribution >= 0.6 is 0 Å². The zero-order valence-corrected chi connectivity index (χ0v) is 13.4. The van der Waals surface area contributed by atoms with Gasteiger partial charge >= 0.3 is 0 Å². The van der Waals surface area contributed by atoms with Crippen LogP contribution < -0.4 is 10.2 Å². The standard InChI is InChI=1S/C14H24N6O2/c1-4-22-8-5-16-14(15-2)19-6-7-20(13(21)11-19)12-9-17-18(3)10-12/h9-10H,4-8,11H2,1-3H3,(H,15,16). The number of aryl methyl sites for hydroxylation is 1. The minimum Gasteiger partial charge on any atom is -0.380 e. The zero-order valence-electron chi connectivity index (χ0n) is 13.4. The summed E-state index contributed by atoms with van der Waals surface area (Å²) >= 11 is 0. The molecule has 2 heterocycles. The summed E-state index contributed by atoms with van der Waals surface area (Å²) in [6.45, 7) is 5.62. The van der Waals surface area contributed by atoms with Crippen molar-refractivity contribution in [2.45, 2.75) is 6.92 Å². The minimum atomic E-state index is 0.0482. The van der Waals surface area contributed by atoms with E-state index in [1.807, 2.05) is 25.1 Å². The number of anilines is 1. The molecule has 1 aromatic heterocycles. The van der Waals surface area contributed by atoms with E-state index in [-0.39, 0.29) is 5.91 Å². The van der Waals surface area contributed by atoms with E-state index in [1.54, 1.807) is 22.8 Å². The number of rotatable bonds is 5. The Morgan fingerprint density at radius 3 is 2.91 bits per heavy atom. The third kappa shape index (κ3) is 3.97. The molecule has 1 N–H and O–H groups in total. The number of hydrogen-bond acceptors (Lipinski definition) is 4. The largest absolute Gasteiger partial charge is 0.380 e. The minimum absolute atomic E-state index is 0.0482. The quantitative estimate of drug-likeness (QED) is 0.458. The Labute approximate surface area is 130 Å². The van der Waals surface area contributed by atoms with Crippen molar-refractivity contribution in [2.75, 3.05) is 51.3 Å². The Bertz CT molecular complexity index is 527. The summed E-state index contributed by atoms with van der Waals surface area (Å²) in [5, 5.41) is 7.33. The van der Waals surface area contributed by atoms with Crippen LogP contribution in [0.4, 0.5) is 5.69 Å². The Morgan fingerprint density at radius 1 is 1.50 bits per heavy atom. The van der Waals surface area contributed by atoms with E-state index in [0.29, 0.717) is 32.8 Å². The smallest absolute Gasteiger partial charge is 0.246 e. The molecule has 1 fully saturated rings. The van der Waals surface area contributed by atoms with E-state index in [4.69, 9.17) is 4.74 Å². The molecule has 0 saturated carbocycles. The molecule has 0 aliphatic carbocycles. The van der Waals surface area contributed by atoms with Crippen molar-refractivity contribution < 1.29 is 9.53 Å². The fourth-order valence-electron chi connectivity index (χ4n) is 2.39. The molecule has 22 heavy (non-hydrogen) atoms. The fourth-order valence-corrected chi connectivity index (χ4v) is 2.39. The Kier molecular flexibility index (Phi) is 5.76. The maximum absolute atomic E-state index is 12.4. The van der Waals surface area contributed by atoms with Crippen LogP contribution in [0.25, 0.3) is 0 Å². The summed E-state index contributed by atoms with van der Waals surface area (Å²) in [4.78, 5) is 20.3. The highest BCUT2D eigenvalue weighted by molar-refractivity contribution is 5.98. The van der Waals surface area contributed by atoms with Gasteiger partial charge in [-0.15, -0.1) is 0 Å². The summed E-state index contributed by atoms with van der Waals surface area (Å²) in [5.74, 6) is 0.783. The van der Waals surface area contributed by atoms with Crippen LogP contribution in [0.5, 0.6) is 0 Å². The second-order valence-electron chi connectivity index (χ2n) is 5.01. The average molecular weight is 308 g/mol. The van der Waals surface area contributed by atoms with Gasteiger partial charge in [-0.25, -0.2) is 0 Å². The summed E-state index contributed by atoms with van der Waals surface area (Å²) in [5.41, 5.74) is 0.839. The number of ether oxygens (including phenoxy) is 1. The van der Waals surface area contributed by atoms with E-state index in [0.717, 1.165) is 18.2 Å². The predicted octanol–water partition coefficient (Wildman–Crippen LogP) is -0.319. The lowest BCUT2D eigenvalue weighted by atomic mass is 10.3. The second kappa shape index (κ2) is 7.79. The molecule has 0 spiro atoms. The lowest BCUT2D eigenvalue weighted by Gasteiger charge is -2.35. The number of carbonyl (C=O) groups excluding carboxylic acids is 1. The number of nitrogens with one attached hydrogen (secondary N) is 1. The average Bonchev–Trinajstić information content (AvgIpc) is 2.93. The SMILES string of the molecule is CCOCCNC(=NC)N1CCN(c2cnn(C)c2)C(=O)C1.